The lowest BCUT2D eigenvalue weighted by molar-refractivity contribution is 0.0978. The highest BCUT2D eigenvalue weighted by Gasteiger charge is 2.20. The van der Waals surface area contributed by atoms with Crippen molar-refractivity contribution in [1.82, 2.24) is 15.2 Å². The number of aryl methyl sites for hydroxylation is 1. The van der Waals surface area contributed by atoms with E-state index in [2.05, 4.69) is 15.2 Å². The number of H-pyrrole nitrogens is 1. The molecule has 2 aromatic rings. The van der Waals surface area contributed by atoms with Crippen LogP contribution in [0.1, 0.15) is 22.9 Å². The molecule has 6 heteroatoms. The first-order chi connectivity index (χ1) is 9.22. The van der Waals surface area contributed by atoms with Gasteiger partial charge in [0.25, 0.3) is 5.91 Å². The SMILES string of the molecule is Cc1nc(C(=O)N(CCC#N)c2ccccc2)n[nH]1. The van der Waals surface area contributed by atoms with Crippen molar-refractivity contribution >= 4 is 11.6 Å². The van der Waals surface area contributed by atoms with Crippen LogP contribution in [0.15, 0.2) is 30.3 Å². The second-order valence-electron chi connectivity index (χ2n) is 3.94. The Morgan fingerprint density at radius 1 is 1.42 bits per heavy atom. The molecule has 0 aliphatic rings. The molecule has 1 N–H and O–H groups in total. The van der Waals surface area contributed by atoms with Gasteiger partial charge in [-0.3, -0.25) is 9.89 Å². The number of anilines is 1. The number of hydrogen-bond donors (Lipinski definition) is 1. The van der Waals surface area contributed by atoms with Gasteiger partial charge in [-0.25, -0.2) is 4.98 Å². The third-order valence-electron chi connectivity index (χ3n) is 2.55. The van der Waals surface area contributed by atoms with E-state index in [1.165, 1.54) is 4.90 Å². The van der Waals surface area contributed by atoms with E-state index < -0.39 is 0 Å². The van der Waals surface area contributed by atoms with E-state index in [-0.39, 0.29) is 18.2 Å². The zero-order chi connectivity index (χ0) is 13.7. The van der Waals surface area contributed by atoms with Crippen LogP contribution in [-0.2, 0) is 0 Å². The minimum Gasteiger partial charge on any atom is -0.305 e. The average molecular weight is 255 g/mol. The van der Waals surface area contributed by atoms with Crippen molar-refractivity contribution in [1.29, 1.82) is 5.26 Å². The maximum atomic E-state index is 12.3. The number of nitrogens with one attached hydrogen (secondary N) is 1. The van der Waals surface area contributed by atoms with Gasteiger partial charge in [0.2, 0.25) is 5.82 Å². The second kappa shape index (κ2) is 5.78. The minimum atomic E-state index is -0.314. The largest absolute Gasteiger partial charge is 0.305 e. The van der Waals surface area contributed by atoms with Gasteiger partial charge in [0.05, 0.1) is 12.5 Å². The van der Waals surface area contributed by atoms with E-state index in [0.29, 0.717) is 12.4 Å². The number of benzene rings is 1. The number of aromatic amines is 1. The first-order valence-electron chi connectivity index (χ1n) is 5.85. The summed E-state index contributed by atoms with van der Waals surface area (Å²) in [6.45, 7) is 2.04. The highest BCUT2D eigenvalue weighted by Crippen LogP contribution is 2.15. The van der Waals surface area contributed by atoms with Gasteiger partial charge < -0.3 is 4.90 Å². The van der Waals surface area contributed by atoms with Crippen LogP contribution < -0.4 is 4.90 Å². The Morgan fingerprint density at radius 2 is 2.16 bits per heavy atom. The third kappa shape index (κ3) is 2.96. The summed E-state index contributed by atoms with van der Waals surface area (Å²) in [5.74, 6) is 0.377. The van der Waals surface area contributed by atoms with Gasteiger partial charge in [-0.05, 0) is 19.1 Å². The van der Waals surface area contributed by atoms with Gasteiger partial charge in [0, 0.05) is 12.2 Å². The lowest BCUT2D eigenvalue weighted by atomic mass is 10.2. The van der Waals surface area contributed by atoms with E-state index in [1.807, 2.05) is 36.4 Å². The highest BCUT2D eigenvalue weighted by molar-refractivity contribution is 6.03. The lowest BCUT2D eigenvalue weighted by Crippen LogP contribution is -2.32. The number of aromatic nitrogens is 3. The lowest BCUT2D eigenvalue weighted by Gasteiger charge is -2.19. The van der Waals surface area contributed by atoms with E-state index in [1.54, 1.807) is 6.92 Å². The first kappa shape index (κ1) is 12.8. The number of hydrogen-bond acceptors (Lipinski definition) is 4. The number of rotatable bonds is 4. The fraction of sp³-hybridized carbons (Fsp3) is 0.231. The molecular formula is C13H13N5O. The van der Waals surface area contributed by atoms with Crippen LogP contribution in [0.3, 0.4) is 0 Å². The van der Waals surface area contributed by atoms with Crippen molar-refractivity contribution in [3.63, 3.8) is 0 Å². The van der Waals surface area contributed by atoms with Gasteiger partial charge in [-0.2, -0.15) is 5.26 Å². The summed E-state index contributed by atoms with van der Waals surface area (Å²) >= 11 is 0. The molecule has 0 aliphatic carbocycles. The smallest absolute Gasteiger partial charge is 0.297 e. The molecule has 96 valence electrons. The zero-order valence-corrected chi connectivity index (χ0v) is 10.5. The molecule has 0 bridgehead atoms. The Labute approximate surface area is 110 Å². The molecule has 6 nitrogen and oxygen atoms in total. The molecule has 0 saturated carbocycles. The monoisotopic (exact) mass is 255 g/mol. The number of nitriles is 1. The molecule has 0 aliphatic heterocycles. The molecule has 1 heterocycles. The Balaban J connectivity index is 2.28. The molecule has 0 saturated heterocycles. The van der Waals surface area contributed by atoms with E-state index in [0.717, 1.165) is 5.69 Å². The van der Waals surface area contributed by atoms with Crippen LogP contribution in [0, 0.1) is 18.3 Å². The van der Waals surface area contributed by atoms with Gasteiger partial charge in [0.15, 0.2) is 0 Å². The van der Waals surface area contributed by atoms with Crippen molar-refractivity contribution in [3.05, 3.63) is 42.0 Å². The first-order valence-corrected chi connectivity index (χ1v) is 5.85. The third-order valence-corrected chi connectivity index (χ3v) is 2.55. The van der Waals surface area contributed by atoms with Crippen molar-refractivity contribution < 1.29 is 4.79 Å². The Hall–Kier alpha value is -2.68. The van der Waals surface area contributed by atoms with Crippen molar-refractivity contribution in [2.45, 2.75) is 13.3 Å². The predicted molar refractivity (Wildman–Crippen MR) is 69.5 cm³/mol. The second-order valence-corrected chi connectivity index (χ2v) is 3.94. The normalized spacial score (nSPS) is 9.89. The summed E-state index contributed by atoms with van der Waals surface area (Å²) in [6.07, 6.45) is 0.254. The molecule has 0 fully saturated rings. The summed E-state index contributed by atoms with van der Waals surface area (Å²) in [6, 6.07) is 11.2. The highest BCUT2D eigenvalue weighted by atomic mass is 16.2. The maximum absolute atomic E-state index is 12.3. The predicted octanol–water partition coefficient (Wildman–Crippen LogP) is 1.67. The van der Waals surface area contributed by atoms with E-state index in [9.17, 15) is 4.79 Å². The van der Waals surface area contributed by atoms with Crippen molar-refractivity contribution in [2.24, 2.45) is 0 Å². The van der Waals surface area contributed by atoms with Gasteiger partial charge >= 0.3 is 0 Å². The van der Waals surface area contributed by atoms with Crippen LogP contribution in [0.25, 0.3) is 0 Å². The number of carbonyl (C=O) groups is 1. The molecule has 1 aromatic carbocycles. The molecule has 0 atom stereocenters. The maximum Gasteiger partial charge on any atom is 0.297 e. The molecule has 19 heavy (non-hydrogen) atoms. The molecule has 2 rings (SSSR count). The quantitative estimate of drug-likeness (QED) is 0.900. The fourth-order valence-electron chi connectivity index (χ4n) is 1.68. The summed E-state index contributed by atoms with van der Waals surface area (Å²) in [4.78, 5) is 17.9. The van der Waals surface area contributed by atoms with Gasteiger partial charge in [-0.15, -0.1) is 5.10 Å². The summed E-state index contributed by atoms with van der Waals surface area (Å²) in [5, 5.41) is 15.2. The van der Waals surface area contributed by atoms with Gasteiger partial charge in [-0.1, -0.05) is 18.2 Å². The van der Waals surface area contributed by atoms with Gasteiger partial charge in [0.1, 0.15) is 5.82 Å². The van der Waals surface area contributed by atoms with Crippen molar-refractivity contribution in [3.8, 4) is 6.07 Å². The molecule has 0 spiro atoms. The Morgan fingerprint density at radius 3 is 2.74 bits per heavy atom. The average Bonchev–Trinajstić information content (AvgIpc) is 2.87. The molecule has 0 unspecified atom stereocenters. The van der Waals surface area contributed by atoms with Crippen LogP contribution in [0.2, 0.25) is 0 Å². The molecule has 1 amide bonds. The number of carbonyl (C=O) groups excluding carboxylic acids is 1. The number of amides is 1. The van der Waals surface area contributed by atoms with Crippen molar-refractivity contribution in [2.75, 3.05) is 11.4 Å². The topological polar surface area (TPSA) is 85.7 Å². The Kier molecular flexibility index (Phi) is 3.88. The fourth-order valence-corrected chi connectivity index (χ4v) is 1.68. The van der Waals surface area contributed by atoms with Crippen LogP contribution in [0.5, 0.6) is 0 Å². The number of nitrogens with zero attached hydrogens (tertiary/aromatic N) is 4. The van der Waals surface area contributed by atoms with E-state index in [4.69, 9.17) is 5.26 Å². The van der Waals surface area contributed by atoms with Crippen LogP contribution in [0.4, 0.5) is 5.69 Å². The minimum absolute atomic E-state index is 0.110. The standard InChI is InChI=1S/C13H13N5O/c1-10-15-12(17-16-10)13(19)18(9-5-8-14)11-6-3-2-4-7-11/h2-4,6-7H,5,9H2,1H3,(H,15,16,17). The molecule has 1 aromatic heterocycles. The molecule has 0 radical (unpaired) electrons. The van der Waals surface area contributed by atoms with Crippen LogP contribution in [-0.4, -0.2) is 27.6 Å². The summed E-state index contributed by atoms with van der Waals surface area (Å²) in [7, 11) is 0. The zero-order valence-electron chi connectivity index (χ0n) is 10.5. The Bertz CT molecular complexity index is 599. The summed E-state index contributed by atoms with van der Waals surface area (Å²) in [5.41, 5.74) is 0.727. The summed E-state index contributed by atoms with van der Waals surface area (Å²) < 4.78 is 0. The molecular weight excluding hydrogens is 242 g/mol. The van der Waals surface area contributed by atoms with E-state index >= 15 is 0 Å². The van der Waals surface area contributed by atoms with Crippen LogP contribution >= 0.6 is 0 Å². The number of para-hydroxylation sites is 1.